The van der Waals surface area contributed by atoms with Gasteiger partial charge in [-0.05, 0) is 36.4 Å². The number of carbonyl (C=O) groups excluding carboxylic acids is 1. The summed E-state index contributed by atoms with van der Waals surface area (Å²) in [6, 6.07) is 11.0. The van der Waals surface area contributed by atoms with Crippen molar-refractivity contribution in [3.63, 3.8) is 0 Å². The number of carbonyl (C=O) groups is 1. The van der Waals surface area contributed by atoms with E-state index in [1.165, 1.54) is 24.3 Å². The van der Waals surface area contributed by atoms with E-state index in [1.807, 2.05) is 0 Å². The Morgan fingerprint density at radius 1 is 1.06 bits per heavy atom. The van der Waals surface area contributed by atoms with Crippen LogP contribution in [0.3, 0.4) is 0 Å². The Hall–Kier alpha value is -3.11. The highest BCUT2D eigenvalue weighted by Gasteiger charge is 2.20. The molecular formula is C20H18ClN3O6S. The number of sulfone groups is 1. The number of benzene rings is 2. The number of amides is 1. The van der Waals surface area contributed by atoms with E-state index in [0.717, 1.165) is 0 Å². The standard InChI is InChI=1S/C20H18ClN3O6S/c21-13-1-4-15(5-2-13)31(26,27)12-18-23-20(30-24-18)8-7-19(25)22-14-3-6-16-17(11-14)29-10-9-28-16/h1-6,11H,7-10,12H2,(H,22,25). The predicted molar refractivity (Wildman–Crippen MR) is 111 cm³/mol. The molecule has 9 nitrogen and oxygen atoms in total. The lowest BCUT2D eigenvalue weighted by Crippen LogP contribution is -2.16. The molecule has 1 aliphatic heterocycles. The lowest BCUT2D eigenvalue weighted by Gasteiger charge is -2.18. The maximum absolute atomic E-state index is 12.4. The molecule has 3 aromatic rings. The summed E-state index contributed by atoms with van der Waals surface area (Å²) >= 11 is 5.79. The molecule has 1 amide bonds. The van der Waals surface area contributed by atoms with Gasteiger partial charge in [-0.25, -0.2) is 8.42 Å². The van der Waals surface area contributed by atoms with Crippen molar-refractivity contribution in [2.24, 2.45) is 0 Å². The maximum atomic E-state index is 12.4. The lowest BCUT2D eigenvalue weighted by molar-refractivity contribution is -0.116. The van der Waals surface area contributed by atoms with Crippen molar-refractivity contribution in [1.29, 1.82) is 0 Å². The first-order chi connectivity index (χ1) is 14.9. The van der Waals surface area contributed by atoms with Crippen LogP contribution in [0.1, 0.15) is 18.1 Å². The first kappa shape index (κ1) is 21.1. The molecule has 1 aliphatic rings. The van der Waals surface area contributed by atoms with Crippen LogP contribution in [0.5, 0.6) is 11.5 Å². The Morgan fingerprint density at radius 2 is 1.81 bits per heavy atom. The van der Waals surface area contributed by atoms with Crippen LogP contribution in [0.4, 0.5) is 5.69 Å². The van der Waals surface area contributed by atoms with Gasteiger partial charge < -0.3 is 19.3 Å². The zero-order valence-corrected chi connectivity index (χ0v) is 17.8. The van der Waals surface area contributed by atoms with Gasteiger partial charge in [0.15, 0.2) is 27.2 Å². The Bertz CT molecular complexity index is 1190. The third kappa shape index (κ3) is 5.33. The smallest absolute Gasteiger partial charge is 0.227 e. The number of aryl methyl sites for hydroxylation is 1. The molecule has 0 saturated carbocycles. The number of hydrogen-bond donors (Lipinski definition) is 1. The number of halogens is 1. The summed E-state index contributed by atoms with van der Waals surface area (Å²) in [5.74, 6) is 0.742. The van der Waals surface area contributed by atoms with Crippen LogP contribution < -0.4 is 14.8 Å². The van der Waals surface area contributed by atoms with Crippen molar-refractivity contribution in [3.05, 3.63) is 59.2 Å². The summed E-state index contributed by atoms with van der Waals surface area (Å²) in [4.78, 5) is 16.4. The fraction of sp³-hybridized carbons (Fsp3) is 0.250. The highest BCUT2D eigenvalue weighted by atomic mass is 35.5. The topological polar surface area (TPSA) is 121 Å². The fourth-order valence-electron chi connectivity index (χ4n) is 2.91. The van der Waals surface area contributed by atoms with Crippen molar-refractivity contribution < 1.29 is 27.2 Å². The Labute approximate surface area is 183 Å². The van der Waals surface area contributed by atoms with E-state index in [-0.39, 0.29) is 35.4 Å². The molecule has 0 radical (unpaired) electrons. The van der Waals surface area contributed by atoms with Crippen molar-refractivity contribution in [2.45, 2.75) is 23.5 Å². The molecule has 162 valence electrons. The van der Waals surface area contributed by atoms with Gasteiger partial charge in [-0.3, -0.25) is 4.79 Å². The van der Waals surface area contributed by atoms with Crippen LogP contribution in [0, 0.1) is 0 Å². The summed E-state index contributed by atoms with van der Waals surface area (Å²) in [5, 5.41) is 6.90. The number of anilines is 1. The van der Waals surface area contributed by atoms with Crippen LogP contribution in [-0.2, 0) is 26.8 Å². The van der Waals surface area contributed by atoms with Crippen LogP contribution in [0.15, 0.2) is 51.9 Å². The van der Waals surface area contributed by atoms with Crippen LogP contribution in [0.25, 0.3) is 0 Å². The molecule has 0 aliphatic carbocycles. The molecule has 11 heteroatoms. The minimum Gasteiger partial charge on any atom is -0.486 e. The fourth-order valence-corrected chi connectivity index (χ4v) is 4.21. The zero-order valence-electron chi connectivity index (χ0n) is 16.2. The van der Waals surface area contributed by atoms with E-state index >= 15 is 0 Å². The van der Waals surface area contributed by atoms with Gasteiger partial charge in [0, 0.05) is 29.6 Å². The summed E-state index contributed by atoms with van der Waals surface area (Å²) in [5.41, 5.74) is 0.578. The molecule has 0 fully saturated rings. The van der Waals surface area contributed by atoms with Gasteiger partial charge in [-0.1, -0.05) is 16.8 Å². The molecule has 0 bridgehead atoms. The third-order valence-corrected chi connectivity index (χ3v) is 6.27. The number of hydrogen-bond acceptors (Lipinski definition) is 8. The minimum absolute atomic E-state index is 0.0252. The molecule has 1 aromatic heterocycles. The molecule has 4 rings (SSSR count). The second-order valence-electron chi connectivity index (χ2n) is 6.72. The van der Waals surface area contributed by atoms with Gasteiger partial charge in [0.1, 0.15) is 19.0 Å². The minimum atomic E-state index is -3.64. The van der Waals surface area contributed by atoms with E-state index < -0.39 is 15.6 Å². The molecule has 31 heavy (non-hydrogen) atoms. The van der Waals surface area contributed by atoms with Crippen LogP contribution in [0.2, 0.25) is 5.02 Å². The monoisotopic (exact) mass is 463 g/mol. The van der Waals surface area contributed by atoms with Crippen molar-refractivity contribution in [3.8, 4) is 11.5 Å². The molecular weight excluding hydrogens is 446 g/mol. The maximum Gasteiger partial charge on any atom is 0.227 e. The third-order valence-electron chi connectivity index (χ3n) is 4.39. The average molecular weight is 464 g/mol. The van der Waals surface area contributed by atoms with Crippen LogP contribution in [-0.4, -0.2) is 37.7 Å². The largest absolute Gasteiger partial charge is 0.486 e. The summed E-state index contributed by atoms with van der Waals surface area (Å²) in [6.07, 6.45) is 0.254. The van der Waals surface area contributed by atoms with Gasteiger partial charge >= 0.3 is 0 Å². The molecule has 0 atom stereocenters. The molecule has 2 heterocycles. The summed E-state index contributed by atoms with van der Waals surface area (Å²) < 4.78 is 40.9. The molecule has 1 N–H and O–H groups in total. The number of aromatic nitrogens is 2. The number of nitrogens with zero attached hydrogens (tertiary/aromatic N) is 2. The van der Waals surface area contributed by atoms with Crippen LogP contribution >= 0.6 is 11.6 Å². The number of rotatable bonds is 7. The number of ether oxygens (including phenoxy) is 2. The quantitative estimate of drug-likeness (QED) is 0.567. The second kappa shape index (κ2) is 8.94. The molecule has 2 aromatic carbocycles. The van der Waals surface area contributed by atoms with E-state index in [2.05, 4.69) is 15.5 Å². The predicted octanol–water partition coefficient (Wildman–Crippen LogP) is 3.04. The first-order valence-corrected chi connectivity index (χ1v) is 11.4. The molecule has 0 saturated heterocycles. The van der Waals surface area contributed by atoms with Gasteiger partial charge in [0.25, 0.3) is 0 Å². The van der Waals surface area contributed by atoms with E-state index in [0.29, 0.717) is 35.4 Å². The SMILES string of the molecule is O=C(CCc1nc(CS(=O)(=O)c2ccc(Cl)cc2)no1)Nc1ccc2c(c1)OCCO2. The highest BCUT2D eigenvalue weighted by Crippen LogP contribution is 2.32. The van der Waals surface area contributed by atoms with Crippen molar-refractivity contribution in [1.82, 2.24) is 10.1 Å². The molecule has 0 spiro atoms. The Balaban J connectivity index is 1.32. The Morgan fingerprint density at radius 3 is 2.58 bits per heavy atom. The zero-order chi connectivity index (χ0) is 21.8. The normalized spacial score (nSPS) is 13.1. The summed E-state index contributed by atoms with van der Waals surface area (Å²) in [6.45, 7) is 0.948. The van der Waals surface area contributed by atoms with Gasteiger partial charge in [0.05, 0.1) is 4.90 Å². The number of fused-ring (bicyclic) bond motifs is 1. The number of nitrogens with one attached hydrogen (secondary N) is 1. The first-order valence-electron chi connectivity index (χ1n) is 9.38. The summed E-state index contributed by atoms with van der Waals surface area (Å²) in [7, 11) is -3.64. The van der Waals surface area contributed by atoms with Crippen molar-refractivity contribution >= 4 is 33.0 Å². The van der Waals surface area contributed by atoms with Gasteiger partial charge in [0.2, 0.25) is 11.8 Å². The van der Waals surface area contributed by atoms with Gasteiger partial charge in [-0.15, -0.1) is 0 Å². The van der Waals surface area contributed by atoms with Gasteiger partial charge in [-0.2, -0.15) is 4.98 Å². The van der Waals surface area contributed by atoms with Crippen molar-refractivity contribution in [2.75, 3.05) is 18.5 Å². The van der Waals surface area contributed by atoms with E-state index in [4.69, 9.17) is 25.6 Å². The van der Waals surface area contributed by atoms with E-state index in [1.54, 1.807) is 18.2 Å². The van der Waals surface area contributed by atoms with E-state index in [9.17, 15) is 13.2 Å². The Kier molecular flexibility index (Phi) is 6.10. The highest BCUT2D eigenvalue weighted by molar-refractivity contribution is 7.90. The second-order valence-corrected chi connectivity index (χ2v) is 9.15. The average Bonchev–Trinajstić information content (AvgIpc) is 3.19. The molecule has 0 unspecified atom stereocenters. The lowest BCUT2D eigenvalue weighted by atomic mass is 10.2.